The second-order valence-electron chi connectivity index (χ2n) is 4.57. The number of carbonyl (C=O) groups excluding carboxylic acids is 2. The lowest BCUT2D eigenvalue weighted by Crippen LogP contribution is -2.29. The summed E-state index contributed by atoms with van der Waals surface area (Å²) in [4.78, 5) is 22.3. The monoisotopic (exact) mass is 307 g/mol. The van der Waals surface area contributed by atoms with E-state index in [-0.39, 0.29) is 0 Å². The molecule has 0 radical (unpaired) electrons. The van der Waals surface area contributed by atoms with Crippen LogP contribution in [0.2, 0.25) is 0 Å². The van der Waals surface area contributed by atoms with E-state index in [1.165, 1.54) is 13.0 Å². The molecule has 1 rings (SSSR count). The molecule has 0 bridgehead atoms. The quantitative estimate of drug-likeness (QED) is 0.585. The standard InChI is InChI=1S/C16H21NO5/c1-4-9-21-13-7-5-12(10-14(13)20-3)6-8-15(18)22-11(2)16(17)19/h5-8,10-11H,4,9H2,1-3H3,(H2,17,19)/b8-6+/t11-/m1/s1. The number of amides is 1. The zero-order valence-corrected chi connectivity index (χ0v) is 13.0. The third-order valence-electron chi connectivity index (χ3n) is 2.75. The molecule has 1 aromatic carbocycles. The Balaban J connectivity index is 2.74. The number of nitrogens with two attached hydrogens (primary N) is 1. The first-order chi connectivity index (χ1) is 10.5. The lowest BCUT2D eigenvalue weighted by molar-refractivity contribution is -0.148. The van der Waals surface area contributed by atoms with Crippen molar-refractivity contribution in [2.75, 3.05) is 13.7 Å². The van der Waals surface area contributed by atoms with E-state index in [4.69, 9.17) is 19.9 Å². The highest BCUT2D eigenvalue weighted by Gasteiger charge is 2.12. The van der Waals surface area contributed by atoms with E-state index in [9.17, 15) is 9.59 Å². The summed E-state index contributed by atoms with van der Waals surface area (Å²) in [6, 6.07) is 5.30. The smallest absolute Gasteiger partial charge is 0.331 e. The van der Waals surface area contributed by atoms with E-state index in [0.717, 1.165) is 12.0 Å². The first-order valence-corrected chi connectivity index (χ1v) is 6.96. The van der Waals surface area contributed by atoms with Crippen LogP contribution in [0.4, 0.5) is 0 Å². The van der Waals surface area contributed by atoms with Gasteiger partial charge in [-0.2, -0.15) is 0 Å². The Morgan fingerprint density at radius 3 is 2.64 bits per heavy atom. The second-order valence-corrected chi connectivity index (χ2v) is 4.57. The number of hydrogen-bond donors (Lipinski definition) is 1. The Kier molecular flexibility index (Phi) is 6.95. The largest absolute Gasteiger partial charge is 0.493 e. The van der Waals surface area contributed by atoms with Crippen LogP contribution in [-0.4, -0.2) is 31.7 Å². The third-order valence-corrected chi connectivity index (χ3v) is 2.75. The average molecular weight is 307 g/mol. The Morgan fingerprint density at radius 2 is 2.05 bits per heavy atom. The van der Waals surface area contributed by atoms with E-state index >= 15 is 0 Å². The van der Waals surface area contributed by atoms with Crippen molar-refractivity contribution in [3.8, 4) is 11.5 Å². The van der Waals surface area contributed by atoms with Crippen molar-refractivity contribution in [2.24, 2.45) is 5.73 Å². The number of primary amides is 1. The van der Waals surface area contributed by atoms with Crippen molar-refractivity contribution in [1.29, 1.82) is 0 Å². The molecule has 22 heavy (non-hydrogen) atoms. The molecule has 0 fully saturated rings. The number of hydrogen-bond acceptors (Lipinski definition) is 5. The van der Waals surface area contributed by atoms with Crippen LogP contribution in [-0.2, 0) is 14.3 Å². The molecular weight excluding hydrogens is 286 g/mol. The van der Waals surface area contributed by atoms with Crippen molar-refractivity contribution in [1.82, 2.24) is 0 Å². The van der Waals surface area contributed by atoms with Gasteiger partial charge in [0.1, 0.15) is 0 Å². The Bertz CT molecular complexity index is 553. The fraction of sp³-hybridized carbons (Fsp3) is 0.375. The van der Waals surface area contributed by atoms with Gasteiger partial charge in [0.15, 0.2) is 17.6 Å². The summed E-state index contributed by atoms with van der Waals surface area (Å²) in [7, 11) is 1.55. The summed E-state index contributed by atoms with van der Waals surface area (Å²) in [5.41, 5.74) is 5.76. The molecule has 0 heterocycles. The van der Waals surface area contributed by atoms with Gasteiger partial charge < -0.3 is 19.9 Å². The van der Waals surface area contributed by atoms with Gasteiger partial charge in [-0.3, -0.25) is 4.79 Å². The fourth-order valence-electron chi connectivity index (χ4n) is 1.55. The fourth-order valence-corrected chi connectivity index (χ4v) is 1.55. The van der Waals surface area contributed by atoms with Crippen LogP contribution in [0.25, 0.3) is 6.08 Å². The third kappa shape index (κ3) is 5.47. The molecule has 0 saturated carbocycles. The minimum absolute atomic E-state index is 0.578. The average Bonchev–Trinajstić information content (AvgIpc) is 2.50. The number of esters is 1. The maximum absolute atomic E-state index is 11.5. The Morgan fingerprint density at radius 1 is 1.32 bits per heavy atom. The van der Waals surface area contributed by atoms with Crippen molar-refractivity contribution in [3.63, 3.8) is 0 Å². The molecule has 6 heteroatoms. The van der Waals surface area contributed by atoms with Gasteiger partial charge in [-0.25, -0.2) is 4.79 Å². The second kappa shape index (κ2) is 8.71. The van der Waals surface area contributed by atoms with Gasteiger partial charge in [-0.05, 0) is 37.1 Å². The van der Waals surface area contributed by atoms with Crippen molar-refractivity contribution in [3.05, 3.63) is 29.8 Å². The maximum Gasteiger partial charge on any atom is 0.331 e. The summed E-state index contributed by atoms with van der Waals surface area (Å²) in [5.74, 6) is -0.113. The van der Waals surface area contributed by atoms with E-state index < -0.39 is 18.0 Å². The Labute approximate surface area is 129 Å². The predicted octanol–water partition coefficient (Wildman–Crippen LogP) is 1.91. The molecule has 0 aliphatic heterocycles. The van der Waals surface area contributed by atoms with Crippen molar-refractivity contribution in [2.45, 2.75) is 26.4 Å². The minimum Gasteiger partial charge on any atom is -0.493 e. The van der Waals surface area contributed by atoms with Gasteiger partial charge in [0.05, 0.1) is 13.7 Å². The highest BCUT2D eigenvalue weighted by atomic mass is 16.5. The molecule has 0 aliphatic rings. The Hall–Kier alpha value is -2.50. The van der Waals surface area contributed by atoms with Gasteiger partial charge in [0, 0.05) is 6.08 Å². The molecule has 1 atom stereocenters. The van der Waals surface area contributed by atoms with E-state index in [2.05, 4.69) is 0 Å². The first-order valence-electron chi connectivity index (χ1n) is 6.96. The molecule has 6 nitrogen and oxygen atoms in total. The topological polar surface area (TPSA) is 87.9 Å². The number of methoxy groups -OCH3 is 1. The lowest BCUT2D eigenvalue weighted by atomic mass is 10.2. The van der Waals surface area contributed by atoms with E-state index in [1.54, 1.807) is 31.4 Å². The summed E-state index contributed by atoms with van der Waals surface area (Å²) < 4.78 is 15.6. The summed E-state index contributed by atoms with van der Waals surface area (Å²) >= 11 is 0. The molecule has 0 aromatic heterocycles. The van der Waals surface area contributed by atoms with Gasteiger partial charge in [-0.1, -0.05) is 13.0 Å². The van der Waals surface area contributed by atoms with Crippen LogP contribution in [0.5, 0.6) is 11.5 Å². The molecule has 1 amide bonds. The van der Waals surface area contributed by atoms with E-state index in [1.807, 2.05) is 6.92 Å². The van der Waals surface area contributed by atoms with Crippen molar-refractivity contribution >= 4 is 18.0 Å². The molecular formula is C16H21NO5. The van der Waals surface area contributed by atoms with Crippen LogP contribution in [0.1, 0.15) is 25.8 Å². The van der Waals surface area contributed by atoms with Gasteiger partial charge in [-0.15, -0.1) is 0 Å². The number of rotatable bonds is 8. The van der Waals surface area contributed by atoms with Crippen LogP contribution in [0, 0.1) is 0 Å². The molecule has 0 unspecified atom stereocenters. The van der Waals surface area contributed by atoms with Gasteiger partial charge in [0.2, 0.25) is 0 Å². The molecule has 0 saturated heterocycles. The molecule has 1 aromatic rings. The molecule has 0 aliphatic carbocycles. The summed E-state index contributed by atoms with van der Waals surface area (Å²) in [6.45, 7) is 4.03. The van der Waals surface area contributed by atoms with Crippen LogP contribution < -0.4 is 15.2 Å². The first kappa shape index (κ1) is 17.6. The molecule has 120 valence electrons. The highest BCUT2D eigenvalue weighted by molar-refractivity contribution is 5.90. The lowest BCUT2D eigenvalue weighted by Gasteiger charge is -2.10. The highest BCUT2D eigenvalue weighted by Crippen LogP contribution is 2.28. The number of benzene rings is 1. The molecule has 0 spiro atoms. The van der Waals surface area contributed by atoms with E-state index in [0.29, 0.717) is 18.1 Å². The SMILES string of the molecule is CCCOc1ccc(/C=C/C(=O)O[C@H](C)C(N)=O)cc1OC. The zero-order chi connectivity index (χ0) is 16.5. The van der Waals surface area contributed by atoms with Crippen LogP contribution >= 0.6 is 0 Å². The number of ether oxygens (including phenoxy) is 3. The maximum atomic E-state index is 11.5. The zero-order valence-electron chi connectivity index (χ0n) is 13.0. The van der Waals surface area contributed by atoms with Gasteiger partial charge in [0.25, 0.3) is 5.91 Å². The van der Waals surface area contributed by atoms with Gasteiger partial charge >= 0.3 is 5.97 Å². The van der Waals surface area contributed by atoms with Crippen molar-refractivity contribution < 1.29 is 23.8 Å². The predicted molar refractivity (Wildman–Crippen MR) is 82.6 cm³/mol. The molecule has 2 N–H and O–H groups in total. The summed E-state index contributed by atoms with van der Waals surface area (Å²) in [6.07, 6.45) is 2.72. The normalized spacial score (nSPS) is 12.0. The minimum atomic E-state index is -0.962. The summed E-state index contributed by atoms with van der Waals surface area (Å²) in [5, 5.41) is 0. The number of carbonyl (C=O) groups is 2. The van der Waals surface area contributed by atoms with Crippen LogP contribution in [0.3, 0.4) is 0 Å². The van der Waals surface area contributed by atoms with Crippen LogP contribution in [0.15, 0.2) is 24.3 Å².